The van der Waals surface area contributed by atoms with Gasteiger partial charge >= 0.3 is 11.8 Å². The maximum atomic E-state index is 13.8. The van der Waals surface area contributed by atoms with Gasteiger partial charge in [0.2, 0.25) is 0 Å². The number of aromatic nitrogens is 1. The molecule has 26 heavy (non-hydrogen) atoms. The molecule has 0 fully saturated rings. The van der Waals surface area contributed by atoms with Crippen LogP contribution in [0.5, 0.6) is 5.75 Å². The van der Waals surface area contributed by atoms with E-state index in [2.05, 4.69) is 0 Å². The van der Waals surface area contributed by atoms with Gasteiger partial charge in [-0.3, -0.25) is 4.79 Å². The van der Waals surface area contributed by atoms with Crippen molar-refractivity contribution in [1.82, 2.24) is 9.47 Å². The molecular formula is C18H15FN2O5. The molecule has 3 aromatic rings. The number of halogens is 1. The standard InChI is InChI=1S/C18H15FN2O5/c1-20(2)17(23)25-12-7-8-13-15(9-12)26-18(24)21(16(13)22)10-11-5-3-4-6-14(11)19/h3-9H,10H2,1-2H3. The Balaban J connectivity index is 2.03. The maximum absolute atomic E-state index is 13.8. The van der Waals surface area contributed by atoms with E-state index < -0.39 is 23.2 Å². The lowest BCUT2D eigenvalue weighted by Crippen LogP contribution is -2.33. The highest BCUT2D eigenvalue weighted by Crippen LogP contribution is 2.18. The Morgan fingerprint density at radius 2 is 1.92 bits per heavy atom. The number of ether oxygens (including phenoxy) is 1. The molecule has 0 aliphatic rings. The van der Waals surface area contributed by atoms with E-state index in [-0.39, 0.29) is 28.8 Å². The second kappa shape index (κ2) is 6.83. The van der Waals surface area contributed by atoms with Gasteiger partial charge in [-0.25, -0.2) is 18.5 Å². The summed E-state index contributed by atoms with van der Waals surface area (Å²) >= 11 is 0. The fourth-order valence-electron chi connectivity index (χ4n) is 2.33. The number of carbonyl (C=O) groups is 1. The Kier molecular flexibility index (Phi) is 4.57. The van der Waals surface area contributed by atoms with Crippen LogP contribution >= 0.6 is 0 Å². The van der Waals surface area contributed by atoms with E-state index in [9.17, 15) is 18.8 Å². The molecular weight excluding hydrogens is 343 g/mol. The number of rotatable bonds is 3. The second-order valence-corrected chi connectivity index (χ2v) is 5.77. The molecule has 0 aliphatic heterocycles. The van der Waals surface area contributed by atoms with Crippen molar-refractivity contribution in [2.24, 2.45) is 0 Å². The fourth-order valence-corrected chi connectivity index (χ4v) is 2.33. The summed E-state index contributed by atoms with van der Waals surface area (Å²) in [5.41, 5.74) is -0.448. The van der Waals surface area contributed by atoms with Gasteiger partial charge in [-0.05, 0) is 18.2 Å². The van der Waals surface area contributed by atoms with Gasteiger partial charge in [-0.2, -0.15) is 0 Å². The van der Waals surface area contributed by atoms with Crippen molar-refractivity contribution in [3.8, 4) is 5.75 Å². The van der Waals surface area contributed by atoms with Crippen LogP contribution in [0.4, 0.5) is 9.18 Å². The topological polar surface area (TPSA) is 81.8 Å². The third-order valence-electron chi connectivity index (χ3n) is 3.70. The molecule has 1 heterocycles. The van der Waals surface area contributed by atoms with Crippen LogP contribution in [0.25, 0.3) is 11.0 Å². The highest BCUT2D eigenvalue weighted by Gasteiger charge is 2.14. The van der Waals surface area contributed by atoms with Crippen LogP contribution in [0.3, 0.4) is 0 Å². The van der Waals surface area contributed by atoms with Gasteiger partial charge in [0.25, 0.3) is 5.56 Å². The number of amides is 1. The van der Waals surface area contributed by atoms with E-state index in [1.54, 1.807) is 6.07 Å². The molecule has 3 rings (SSSR count). The normalized spacial score (nSPS) is 10.7. The summed E-state index contributed by atoms with van der Waals surface area (Å²) in [5.74, 6) is -1.32. The van der Waals surface area contributed by atoms with Gasteiger partial charge in [0.15, 0.2) is 0 Å². The van der Waals surface area contributed by atoms with Crippen molar-refractivity contribution in [1.29, 1.82) is 0 Å². The summed E-state index contributed by atoms with van der Waals surface area (Å²) in [6, 6.07) is 9.93. The summed E-state index contributed by atoms with van der Waals surface area (Å²) < 4.78 is 24.8. The lowest BCUT2D eigenvalue weighted by molar-refractivity contribution is 0.172. The molecule has 1 amide bonds. The predicted molar refractivity (Wildman–Crippen MR) is 92.0 cm³/mol. The smallest absolute Gasteiger partial charge is 0.410 e. The Morgan fingerprint density at radius 1 is 1.19 bits per heavy atom. The highest BCUT2D eigenvalue weighted by molar-refractivity contribution is 5.78. The van der Waals surface area contributed by atoms with Crippen LogP contribution in [0.15, 0.2) is 56.5 Å². The summed E-state index contributed by atoms with van der Waals surface area (Å²) in [7, 11) is 3.04. The fraction of sp³-hybridized carbons (Fsp3) is 0.167. The Labute approximate surface area is 146 Å². The van der Waals surface area contributed by atoms with Gasteiger partial charge < -0.3 is 14.1 Å². The largest absolute Gasteiger partial charge is 0.422 e. The highest BCUT2D eigenvalue weighted by atomic mass is 19.1. The average Bonchev–Trinajstić information content (AvgIpc) is 2.59. The number of fused-ring (bicyclic) bond motifs is 1. The summed E-state index contributed by atoms with van der Waals surface area (Å²) in [5, 5.41) is 0.116. The Bertz CT molecular complexity index is 1100. The zero-order chi connectivity index (χ0) is 18.8. The van der Waals surface area contributed by atoms with Crippen LogP contribution in [-0.4, -0.2) is 29.7 Å². The summed E-state index contributed by atoms with van der Waals surface area (Å²) in [4.78, 5) is 37.6. The zero-order valence-electron chi connectivity index (χ0n) is 14.1. The first-order chi connectivity index (χ1) is 12.4. The van der Waals surface area contributed by atoms with E-state index >= 15 is 0 Å². The van der Waals surface area contributed by atoms with Crippen molar-refractivity contribution in [2.45, 2.75) is 6.54 Å². The molecule has 0 unspecified atom stereocenters. The molecule has 2 aromatic carbocycles. The lowest BCUT2D eigenvalue weighted by atomic mass is 10.2. The minimum atomic E-state index is -0.929. The SMILES string of the molecule is CN(C)C(=O)Oc1ccc2c(=O)n(Cc3ccccc3F)c(=O)oc2c1. The molecule has 0 radical (unpaired) electrons. The molecule has 0 atom stereocenters. The molecule has 0 aliphatic carbocycles. The van der Waals surface area contributed by atoms with E-state index in [0.717, 1.165) is 4.57 Å². The minimum absolute atomic E-state index is 0.0196. The van der Waals surface area contributed by atoms with Crippen molar-refractivity contribution < 1.29 is 18.3 Å². The molecule has 7 nitrogen and oxygen atoms in total. The van der Waals surface area contributed by atoms with Crippen LogP contribution in [0.2, 0.25) is 0 Å². The first-order valence-electron chi connectivity index (χ1n) is 7.67. The van der Waals surface area contributed by atoms with Crippen molar-refractivity contribution in [3.05, 3.63) is 74.7 Å². The molecule has 0 spiro atoms. The zero-order valence-corrected chi connectivity index (χ0v) is 14.1. The van der Waals surface area contributed by atoms with Crippen molar-refractivity contribution >= 4 is 17.1 Å². The maximum Gasteiger partial charge on any atom is 0.422 e. The molecule has 1 aromatic heterocycles. The number of carbonyl (C=O) groups excluding carboxylic acids is 1. The van der Waals surface area contributed by atoms with Crippen LogP contribution in [0, 0.1) is 5.82 Å². The van der Waals surface area contributed by atoms with Gasteiger partial charge in [0.05, 0.1) is 11.9 Å². The molecule has 0 bridgehead atoms. The summed E-state index contributed by atoms with van der Waals surface area (Å²) in [6.07, 6.45) is -0.611. The number of hydrogen-bond acceptors (Lipinski definition) is 5. The molecule has 134 valence electrons. The quantitative estimate of drug-likeness (QED) is 0.717. The van der Waals surface area contributed by atoms with Gasteiger partial charge in [-0.15, -0.1) is 0 Å². The summed E-state index contributed by atoms with van der Waals surface area (Å²) in [6.45, 7) is -0.249. The Hall–Kier alpha value is -3.42. The first-order valence-corrected chi connectivity index (χ1v) is 7.67. The monoisotopic (exact) mass is 358 g/mol. The first kappa shape index (κ1) is 17.4. The number of hydrogen-bond donors (Lipinski definition) is 0. The minimum Gasteiger partial charge on any atom is -0.410 e. The van der Waals surface area contributed by atoms with Crippen LogP contribution in [0.1, 0.15) is 5.56 Å². The Morgan fingerprint density at radius 3 is 2.62 bits per heavy atom. The number of benzene rings is 2. The van der Waals surface area contributed by atoms with E-state index in [1.807, 2.05) is 0 Å². The van der Waals surface area contributed by atoms with Crippen LogP contribution in [-0.2, 0) is 6.54 Å². The van der Waals surface area contributed by atoms with Crippen molar-refractivity contribution in [2.75, 3.05) is 14.1 Å². The third kappa shape index (κ3) is 3.34. The van der Waals surface area contributed by atoms with Crippen LogP contribution < -0.4 is 16.1 Å². The second-order valence-electron chi connectivity index (χ2n) is 5.77. The van der Waals surface area contributed by atoms with E-state index in [0.29, 0.717) is 0 Å². The van der Waals surface area contributed by atoms with Gasteiger partial charge in [0, 0.05) is 25.7 Å². The van der Waals surface area contributed by atoms with Gasteiger partial charge in [0.1, 0.15) is 17.1 Å². The van der Waals surface area contributed by atoms with Crippen molar-refractivity contribution in [3.63, 3.8) is 0 Å². The average molecular weight is 358 g/mol. The molecule has 0 N–H and O–H groups in total. The molecule has 0 saturated heterocycles. The lowest BCUT2D eigenvalue weighted by Gasteiger charge is -2.11. The molecule has 0 saturated carbocycles. The number of nitrogens with zero attached hydrogens (tertiary/aromatic N) is 2. The molecule has 8 heteroatoms. The van der Waals surface area contributed by atoms with Gasteiger partial charge in [-0.1, -0.05) is 18.2 Å². The van der Waals surface area contributed by atoms with E-state index in [1.165, 1.54) is 55.4 Å². The third-order valence-corrected chi connectivity index (χ3v) is 3.70. The van der Waals surface area contributed by atoms with E-state index in [4.69, 9.17) is 9.15 Å². The predicted octanol–water partition coefficient (Wildman–Crippen LogP) is 2.20.